The summed E-state index contributed by atoms with van der Waals surface area (Å²) >= 11 is 0. The molecule has 0 fully saturated rings. The number of hydrogen-bond acceptors (Lipinski definition) is 4. The van der Waals surface area contributed by atoms with Crippen LogP contribution in [0.3, 0.4) is 0 Å². The third kappa shape index (κ3) is 2.51. The van der Waals surface area contributed by atoms with Crippen molar-refractivity contribution in [2.24, 2.45) is 0 Å². The van der Waals surface area contributed by atoms with Gasteiger partial charge in [0.1, 0.15) is 4.90 Å². The number of rotatable bonds is 1. The summed E-state index contributed by atoms with van der Waals surface area (Å²) < 4.78 is 33.9. The lowest BCUT2D eigenvalue weighted by Crippen LogP contribution is -2.13. The summed E-state index contributed by atoms with van der Waals surface area (Å²) in [6.07, 6.45) is 0. The Balaban J connectivity index is 2.04. The van der Waals surface area contributed by atoms with Gasteiger partial charge < -0.3 is 9.97 Å². The van der Waals surface area contributed by atoms with E-state index in [0.29, 0.717) is 38.4 Å². The average Bonchev–Trinajstić information content (AvgIpc) is 2.68. The van der Waals surface area contributed by atoms with E-state index in [-0.39, 0.29) is 21.7 Å². The monoisotopic (exact) mass is 420 g/mol. The number of para-hydroxylation sites is 1. The molecule has 0 radical (unpaired) electrons. The van der Waals surface area contributed by atoms with Crippen LogP contribution in [0.25, 0.3) is 43.6 Å². The molecular formula is C22H16N2O5S. The van der Waals surface area contributed by atoms with E-state index in [2.05, 4.69) is 9.97 Å². The van der Waals surface area contributed by atoms with Crippen LogP contribution in [0.4, 0.5) is 0 Å². The molecule has 3 N–H and O–H groups in total. The van der Waals surface area contributed by atoms with E-state index >= 15 is 0 Å². The summed E-state index contributed by atoms with van der Waals surface area (Å²) in [6, 6.07) is 11.9. The van der Waals surface area contributed by atoms with Crippen molar-refractivity contribution in [3.05, 3.63) is 74.0 Å². The summed E-state index contributed by atoms with van der Waals surface area (Å²) in [5.74, 6) is 0. The van der Waals surface area contributed by atoms with Crippen LogP contribution in [0.1, 0.15) is 11.1 Å². The molecule has 5 rings (SSSR count). The van der Waals surface area contributed by atoms with Gasteiger partial charge >= 0.3 is 0 Å². The number of aromatic nitrogens is 2. The fourth-order valence-corrected chi connectivity index (χ4v) is 5.08. The molecule has 0 atom stereocenters. The standard InChI is InChI=1S/C22H16N2O5S/c1-10-7-18-19(22(11(10)2)30(27,28)29)21(26)14-9-16-13(8-17(14)24-18)20(25)12-5-3-4-6-15(12)23-16/h3-9H,1-2H3,(H,23,25)(H,24,26)(H,27,28,29). The number of fused-ring (bicyclic) bond motifs is 4. The Morgan fingerprint density at radius 1 is 0.767 bits per heavy atom. The van der Waals surface area contributed by atoms with Gasteiger partial charge in [0.15, 0.2) is 10.9 Å². The van der Waals surface area contributed by atoms with E-state index in [1.54, 1.807) is 56.3 Å². The highest BCUT2D eigenvalue weighted by atomic mass is 32.2. The smallest absolute Gasteiger partial charge is 0.295 e. The van der Waals surface area contributed by atoms with Crippen molar-refractivity contribution >= 4 is 53.7 Å². The van der Waals surface area contributed by atoms with Gasteiger partial charge in [0.25, 0.3) is 10.1 Å². The first-order chi connectivity index (χ1) is 14.2. The lowest BCUT2D eigenvalue weighted by Gasteiger charge is -2.12. The molecule has 30 heavy (non-hydrogen) atoms. The second kappa shape index (κ2) is 6.01. The van der Waals surface area contributed by atoms with Crippen molar-refractivity contribution < 1.29 is 13.0 Å². The Morgan fingerprint density at radius 2 is 1.37 bits per heavy atom. The first-order valence-electron chi connectivity index (χ1n) is 9.19. The van der Waals surface area contributed by atoms with Crippen LogP contribution in [-0.4, -0.2) is 22.9 Å². The molecule has 0 saturated carbocycles. The van der Waals surface area contributed by atoms with Crippen LogP contribution >= 0.6 is 0 Å². The molecular weight excluding hydrogens is 404 g/mol. The number of nitrogens with one attached hydrogen (secondary N) is 2. The van der Waals surface area contributed by atoms with E-state index in [1.165, 1.54) is 0 Å². The molecule has 0 aliphatic carbocycles. The van der Waals surface area contributed by atoms with E-state index in [9.17, 15) is 22.6 Å². The summed E-state index contributed by atoms with van der Waals surface area (Å²) in [7, 11) is -4.63. The highest BCUT2D eigenvalue weighted by Crippen LogP contribution is 2.29. The van der Waals surface area contributed by atoms with E-state index in [1.807, 2.05) is 0 Å². The number of H-pyrrole nitrogens is 2. The molecule has 0 spiro atoms. The van der Waals surface area contributed by atoms with Crippen molar-refractivity contribution in [1.82, 2.24) is 9.97 Å². The van der Waals surface area contributed by atoms with Crippen LogP contribution in [0.5, 0.6) is 0 Å². The number of hydrogen-bond donors (Lipinski definition) is 3. The van der Waals surface area contributed by atoms with Gasteiger partial charge in [-0.25, -0.2) is 0 Å². The number of pyridine rings is 2. The van der Waals surface area contributed by atoms with Gasteiger partial charge in [-0.05, 0) is 55.3 Å². The molecule has 2 heterocycles. The van der Waals surface area contributed by atoms with Crippen molar-refractivity contribution in [2.45, 2.75) is 18.7 Å². The highest BCUT2D eigenvalue weighted by Gasteiger charge is 2.23. The van der Waals surface area contributed by atoms with Gasteiger partial charge in [0, 0.05) is 21.7 Å². The molecule has 0 aliphatic heterocycles. The maximum atomic E-state index is 13.3. The molecule has 7 nitrogen and oxygen atoms in total. The highest BCUT2D eigenvalue weighted by molar-refractivity contribution is 7.86. The summed E-state index contributed by atoms with van der Waals surface area (Å²) in [6.45, 7) is 3.24. The van der Waals surface area contributed by atoms with Crippen molar-refractivity contribution in [1.29, 1.82) is 0 Å². The Hall–Kier alpha value is -3.49. The summed E-state index contributed by atoms with van der Waals surface area (Å²) in [5, 5.41) is 1.06. The van der Waals surface area contributed by atoms with Gasteiger partial charge in [0.2, 0.25) is 0 Å². The minimum atomic E-state index is -4.63. The first-order valence-corrected chi connectivity index (χ1v) is 10.6. The predicted molar refractivity (Wildman–Crippen MR) is 117 cm³/mol. The maximum Gasteiger partial charge on any atom is 0.295 e. The molecule has 0 amide bonds. The Bertz CT molecular complexity index is 1780. The molecule has 2 aromatic heterocycles. The van der Waals surface area contributed by atoms with Gasteiger partial charge in [-0.1, -0.05) is 12.1 Å². The van der Waals surface area contributed by atoms with Crippen LogP contribution in [0.15, 0.2) is 56.9 Å². The minimum absolute atomic E-state index is 0.101. The summed E-state index contributed by atoms with van der Waals surface area (Å²) in [5.41, 5.74) is 2.01. The van der Waals surface area contributed by atoms with Gasteiger partial charge in [-0.15, -0.1) is 0 Å². The van der Waals surface area contributed by atoms with Crippen LogP contribution < -0.4 is 10.9 Å². The van der Waals surface area contributed by atoms with Crippen molar-refractivity contribution in [3.8, 4) is 0 Å². The van der Waals surface area contributed by atoms with E-state index < -0.39 is 20.4 Å². The van der Waals surface area contributed by atoms with Crippen LogP contribution in [-0.2, 0) is 10.1 Å². The maximum absolute atomic E-state index is 13.3. The second-order valence-electron chi connectivity index (χ2n) is 7.44. The SMILES string of the molecule is Cc1cc2[nH]c3cc4c(=O)c5ccccc5[nH]c4cc3c(=O)c2c(S(=O)(=O)O)c1C. The largest absolute Gasteiger partial charge is 0.354 e. The molecule has 5 aromatic rings. The average molecular weight is 420 g/mol. The van der Waals surface area contributed by atoms with Gasteiger partial charge in [-0.3, -0.25) is 14.1 Å². The van der Waals surface area contributed by atoms with Gasteiger partial charge in [0.05, 0.1) is 21.9 Å². The quantitative estimate of drug-likeness (QED) is 0.283. The zero-order chi connectivity index (χ0) is 21.4. The molecule has 150 valence electrons. The predicted octanol–water partition coefficient (Wildman–Crippen LogP) is 3.54. The third-order valence-corrected chi connectivity index (χ3v) is 6.66. The normalized spacial score (nSPS) is 12.4. The topological polar surface area (TPSA) is 120 Å². The molecule has 0 aliphatic rings. The fourth-order valence-electron chi connectivity index (χ4n) is 4.07. The van der Waals surface area contributed by atoms with E-state index in [0.717, 1.165) is 0 Å². The second-order valence-corrected chi connectivity index (χ2v) is 8.80. The number of aromatic amines is 2. The van der Waals surface area contributed by atoms with Crippen molar-refractivity contribution in [2.75, 3.05) is 0 Å². The molecule has 3 aromatic carbocycles. The number of benzene rings is 3. The number of aryl methyl sites for hydroxylation is 1. The third-order valence-electron chi connectivity index (χ3n) is 5.63. The minimum Gasteiger partial charge on any atom is -0.354 e. The Labute approximate surface area is 169 Å². The Morgan fingerprint density at radius 3 is 2.03 bits per heavy atom. The molecule has 0 bridgehead atoms. The first kappa shape index (κ1) is 18.5. The van der Waals surface area contributed by atoms with Crippen LogP contribution in [0.2, 0.25) is 0 Å². The zero-order valence-electron chi connectivity index (χ0n) is 16.0. The lowest BCUT2D eigenvalue weighted by molar-refractivity contribution is 0.483. The molecule has 0 unspecified atom stereocenters. The van der Waals surface area contributed by atoms with E-state index in [4.69, 9.17) is 0 Å². The fraction of sp³-hybridized carbons (Fsp3) is 0.0909. The molecule has 8 heteroatoms. The van der Waals surface area contributed by atoms with Crippen LogP contribution in [0, 0.1) is 13.8 Å². The van der Waals surface area contributed by atoms with Gasteiger partial charge in [-0.2, -0.15) is 8.42 Å². The lowest BCUT2D eigenvalue weighted by atomic mass is 10.0. The van der Waals surface area contributed by atoms with Crippen molar-refractivity contribution in [3.63, 3.8) is 0 Å². The summed E-state index contributed by atoms with van der Waals surface area (Å²) in [4.78, 5) is 32.1. The Kier molecular flexibility index (Phi) is 3.71. The molecule has 0 saturated heterocycles. The zero-order valence-corrected chi connectivity index (χ0v) is 16.8.